The number of nitrogens with zero attached hydrogens (tertiary/aromatic N) is 1. The maximum atomic E-state index is 11.5. The number of carbonyl (C=O) groups excluding carboxylic acids is 1. The number of nitrogens with one attached hydrogen (secondary N) is 1. The summed E-state index contributed by atoms with van der Waals surface area (Å²) in [4.78, 5) is 11.5. The number of hydrogen-bond donors (Lipinski definition) is 1. The van der Waals surface area contributed by atoms with Gasteiger partial charge in [-0.1, -0.05) is 6.92 Å². The Balaban J connectivity index is 2.32. The van der Waals surface area contributed by atoms with Gasteiger partial charge in [-0.05, 0) is 24.3 Å². The predicted molar refractivity (Wildman–Crippen MR) is 50.8 cm³/mol. The average Bonchev–Trinajstić information content (AvgIpc) is 2.62. The third-order valence-corrected chi connectivity index (χ3v) is 2.79. The third-order valence-electron chi connectivity index (χ3n) is 2.79. The van der Waals surface area contributed by atoms with Crippen LogP contribution in [0, 0.1) is 5.92 Å². The van der Waals surface area contributed by atoms with Gasteiger partial charge in [-0.15, -0.1) is 0 Å². The summed E-state index contributed by atoms with van der Waals surface area (Å²) in [5, 5.41) is 6.87. The van der Waals surface area contributed by atoms with Crippen molar-refractivity contribution in [2.24, 2.45) is 5.92 Å². The summed E-state index contributed by atoms with van der Waals surface area (Å²) in [5.41, 5.74) is 2.09. The SMILES string of the molecule is COC(=O)[C@H]1C[C@H](C)Cc2cn[nH]c21. The lowest BCUT2D eigenvalue weighted by Gasteiger charge is -2.24. The van der Waals surface area contributed by atoms with E-state index in [1.165, 1.54) is 7.11 Å². The van der Waals surface area contributed by atoms with Crippen molar-refractivity contribution in [3.05, 3.63) is 17.5 Å². The first kappa shape index (κ1) is 9.24. The van der Waals surface area contributed by atoms with Gasteiger partial charge in [-0.25, -0.2) is 0 Å². The van der Waals surface area contributed by atoms with Crippen LogP contribution in [0.5, 0.6) is 0 Å². The molecule has 1 aromatic rings. The standard InChI is InChI=1S/C10H14N2O2/c1-6-3-7-5-11-12-9(7)8(4-6)10(13)14-2/h5-6,8H,3-4H2,1-2H3,(H,11,12)/t6-,8+/m1/s1. The molecule has 0 aliphatic heterocycles. The smallest absolute Gasteiger partial charge is 0.314 e. The molecule has 2 rings (SSSR count). The second-order valence-electron chi connectivity index (χ2n) is 3.93. The molecule has 0 amide bonds. The number of hydrogen-bond acceptors (Lipinski definition) is 3. The summed E-state index contributed by atoms with van der Waals surface area (Å²) in [6, 6.07) is 0. The number of esters is 1. The largest absolute Gasteiger partial charge is 0.469 e. The maximum Gasteiger partial charge on any atom is 0.314 e. The second-order valence-corrected chi connectivity index (χ2v) is 3.93. The summed E-state index contributed by atoms with van der Waals surface area (Å²) < 4.78 is 4.78. The van der Waals surface area contributed by atoms with E-state index in [1.807, 2.05) is 0 Å². The maximum absolute atomic E-state index is 11.5. The van der Waals surface area contributed by atoms with Crippen LogP contribution in [0.3, 0.4) is 0 Å². The van der Waals surface area contributed by atoms with E-state index in [4.69, 9.17) is 4.74 Å². The Morgan fingerprint density at radius 2 is 2.50 bits per heavy atom. The third kappa shape index (κ3) is 1.41. The first-order valence-electron chi connectivity index (χ1n) is 4.82. The molecular weight excluding hydrogens is 180 g/mol. The molecule has 0 saturated heterocycles. The normalized spacial score (nSPS) is 25.6. The van der Waals surface area contributed by atoms with Gasteiger partial charge >= 0.3 is 5.97 Å². The number of fused-ring (bicyclic) bond motifs is 1. The van der Waals surface area contributed by atoms with Crippen LogP contribution in [0.25, 0.3) is 0 Å². The quantitative estimate of drug-likeness (QED) is 0.684. The van der Waals surface area contributed by atoms with E-state index in [1.54, 1.807) is 6.20 Å². The number of methoxy groups -OCH3 is 1. The van der Waals surface area contributed by atoms with Crippen molar-refractivity contribution in [1.29, 1.82) is 0 Å². The van der Waals surface area contributed by atoms with Crippen LogP contribution in [0.2, 0.25) is 0 Å². The van der Waals surface area contributed by atoms with Gasteiger partial charge in [-0.2, -0.15) is 5.10 Å². The summed E-state index contributed by atoms with van der Waals surface area (Å²) in [5.74, 6) is 0.201. The highest BCUT2D eigenvalue weighted by Crippen LogP contribution is 2.33. The number of aromatic nitrogens is 2. The molecule has 1 N–H and O–H groups in total. The van der Waals surface area contributed by atoms with Crippen molar-refractivity contribution >= 4 is 5.97 Å². The van der Waals surface area contributed by atoms with E-state index in [-0.39, 0.29) is 11.9 Å². The van der Waals surface area contributed by atoms with Gasteiger partial charge in [0.1, 0.15) is 0 Å². The van der Waals surface area contributed by atoms with E-state index >= 15 is 0 Å². The fourth-order valence-corrected chi connectivity index (χ4v) is 2.12. The topological polar surface area (TPSA) is 55.0 Å². The van der Waals surface area contributed by atoms with Crippen LogP contribution < -0.4 is 0 Å². The summed E-state index contributed by atoms with van der Waals surface area (Å²) in [6.45, 7) is 2.14. The van der Waals surface area contributed by atoms with Crippen molar-refractivity contribution in [2.75, 3.05) is 7.11 Å². The zero-order valence-electron chi connectivity index (χ0n) is 8.41. The zero-order chi connectivity index (χ0) is 10.1. The molecule has 2 atom stereocenters. The lowest BCUT2D eigenvalue weighted by molar-refractivity contribution is -0.143. The van der Waals surface area contributed by atoms with Crippen molar-refractivity contribution in [1.82, 2.24) is 10.2 Å². The second kappa shape index (κ2) is 3.44. The number of ether oxygens (including phenoxy) is 1. The lowest BCUT2D eigenvalue weighted by atomic mass is 9.81. The summed E-state index contributed by atoms with van der Waals surface area (Å²) >= 11 is 0. The van der Waals surface area contributed by atoms with E-state index in [2.05, 4.69) is 17.1 Å². The Kier molecular flexibility index (Phi) is 2.27. The molecule has 0 spiro atoms. The summed E-state index contributed by atoms with van der Waals surface area (Å²) in [7, 11) is 1.43. The van der Waals surface area contributed by atoms with Crippen LogP contribution in [-0.2, 0) is 16.0 Å². The van der Waals surface area contributed by atoms with Gasteiger partial charge in [0.25, 0.3) is 0 Å². The Morgan fingerprint density at radius 1 is 1.71 bits per heavy atom. The molecule has 14 heavy (non-hydrogen) atoms. The minimum atomic E-state index is -0.165. The van der Waals surface area contributed by atoms with E-state index in [0.717, 1.165) is 24.1 Å². The van der Waals surface area contributed by atoms with Crippen LogP contribution in [0.1, 0.15) is 30.5 Å². The minimum Gasteiger partial charge on any atom is -0.469 e. The first-order chi connectivity index (χ1) is 6.72. The molecule has 1 heterocycles. The van der Waals surface area contributed by atoms with E-state index in [0.29, 0.717) is 5.92 Å². The van der Waals surface area contributed by atoms with Crippen molar-refractivity contribution in [2.45, 2.75) is 25.7 Å². The number of carbonyl (C=O) groups is 1. The molecule has 1 aliphatic carbocycles. The van der Waals surface area contributed by atoms with Gasteiger partial charge in [0.05, 0.1) is 24.9 Å². The molecule has 0 saturated carbocycles. The number of rotatable bonds is 1. The Hall–Kier alpha value is -1.32. The van der Waals surface area contributed by atoms with Crippen molar-refractivity contribution in [3.63, 3.8) is 0 Å². The van der Waals surface area contributed by atoms with E-state index in [9.17, 15) is 4.79 Å². The molecular formula is C10H14N2O2. The fourth-order valence-electron chi connectivity index (χ4n) is 2.12. The van der Waals surface area contributed by atoms with Crippen LogP contribution in [-0.4, -0.2) is 23.3 Å². The molecule has 0 fully saturated rings. The average molecular weight is 194 g/mol. The predicted octanol–water partition coefficient (Wildman–Crippen LogP) is 1.25. The molecule has 4 heteroatoms. The van der Waals surface area contributed by atoms with Crippen molar-refractivity contribution in [3.8, 4) is 0 Å². The fraction of sp³-hybridized carbons (Fsp3) is 0.600. The molecule has 0 radical (unpaired) electrons. The first-order valence-corrected chi connectivity index (χ1v) is 4.82. The number of H-pyrrole nitrogens is 1. The van der Waals surface area contributed by atoms with Gasteiger partial charge in [0, 0.05) is 0 Å². The highest BCUT2D eigenvalue weighted by Gasteiger charge is 2.32. The molecule has 0 bridgehead atoms. The summed E-state index contributed by atoms with van der Waals surface area (Å²) in [6.07, 6.45) is 3.65. The molecule has 4 nitrogen and oxygen atoms in total. The van der Waals surface area contributed by atoms with E-state index < -0.39 is 0 Å². The molecule has 76 valence electrons. The zero-order valence-corrected chi connectivity index (χ0v) is 8.41. The highest BCUT2D eigenvalue weighted by atomic mass is 16.5. The molecule has 1 aromatic heterocycles. The monoisotopic (exact) mass is 194 g/mol. The number of aromatic amines is 1. The van der Waals surface area contributed by atoms with Crippen molar-refractivity contribution < 1.29 is 9.53 Å². The Morgan fingerprint density at radius 3 is 3.21 bits per heavy atom. The lowest BCUT2D eigenvalue weighted by Crippen LogP contribution is -2.23. The minimum absolute atomic E-state index is 0.152. The van der Waals surface area contributed by atoms with Gasteiger partial charge in [0.15, 0.2) is 0 Å². The Labute approximate surface area is 82.7 Å². The van der Waals surface area contributed by atoms with Crippen LogP contribution in [0.15, 0.2) is 6.20 Å². The molecule has 0 unspecified atom stereocenters. The molecule has 0 aromatic carbocycles. The van der Waals surface area contributed by atoms with Gasteiger partial charge in [-0.3, -0.25) is 9.89 Å². The van der Waals surface area contributed by atoms with Crippen LogP contribution >= 0.6 is 0 Å². The highest BCUT2D eigenvalue weighted by molar-refractivity contribution is 5.78. The van der Waals surface area contributed by atoms with Gasteiger partial charge < -0.3 is 4.74 Å². The van der Waals surface area contributed by atoms with Crippen LogP contribution in [0.4, 0.5) is 0 Å². The van der Waals surface area contributed by atoms with Gasteiger partial charge in [0.2, 0.25) is 0 Å². The molecule has 1 aliphatic rings. The Bertz CT molecular complexity index is 346.